The maximum Gasteiger partial charge on any atom is 0.214 e. The van der Waals surface area contributed by atoms with Gasteiger partial charge in [0.1, 0.15) is 5.76 Å². The number of benzene rings is 1. The van der Waals surface area contributed by atoms with Crippen LogP contribution in [0.2, 0.25) is 0 Å². The maximum absolute atomic E-state index is 5.53. The number of hydrogen-bond acceptors (Lipinski definition) is 3. The molecule has 1 heterocycles. The quantitative estimate of drug-likeness (QED) is 0.653. The third kappa shape index (κ3) is 4.63. The van der Waals surface area contributed by atoms with Crippen LogP contribution in [0.15, 0.2) is 39.7 Å². The van der Waals surface area contributed by atoms with Crippen LogP contribution in [0.5, 0.6) is 0 Å². The molecule has 0 saturated carbocycles. The van der Waals surface area contributed by atoms with E-state index in [-0.39, 0.29) is 0 Å². The molecule has 1 aromatic carbocycles. The number of oxazole rings is 1. The van der Waals surface area contributed by atoms with E-state index in [4.69, 9.17) is 4.42 Å². The Kier molecular flexibility index (Phi) is 5.37. The minimum Gasteiger partial charge on any atom is -0.444 e. The van der Waals surface area contributed by atoms with Gasteiger partial charge in [-0.2, -0.15) is 0 Å². The molecule has 0 aliphatic carbocycles. The average molecular weight is 286 g/mol. The normalized spacial score (nSPS) is 11.5. The average Bonchev–Trinajstić information content (AvgIpc) is 2.82. The molecule has 0 unspecified atom stereocenters. The monoisotopic (exact) mass is 286 g/mol. The van der Waals surface area contributed by atoms with Crippen LogP contribution >= 0.6 is 0 Å². The number of aryl methyl sites for hydroxylation is 2. The minimum absolute atomic E-state index is 0.527. The van der Waals surface area contributed by atoms with Gasteiger partial charge in [-0.15, -0.1) is 0 Å². The van der Waals surface area contributed by atoms with E-state index in [1.54, 1.807) is 7.05 Å². The van der Waals surface area contributed by atoms with Gasteiger partial charge < -0.3 is 15.1 Å². The van der Waals surface area contributed by atoms with Crippen molar-refractivity contribution in [3.8, 4) is 0 Å². The van der Waals surface area contributed by atoms with Crippen LogP contribution in [0.25, 0.3) is 0 Å². The topological polar surface area (TPSA) is 62.5 Å². The zero-order chi connectivity index (χ0) is 15.1. The van der Waals surface area contributed by atoms with Crippen LogP contribution in [0.4, 0.5) is 0 Å². The van der Waals surface area contributed by atoms with Crippen LogP contribution in [0.1, 0.15) is 22.9 Å². The zero-order valence-electron chi connectivity index (χ0n) is 12.8. The Hall–Kier alpha value is -2.30. The van der Waals surface area contributed by atoms with Crippen LogP contribution in [0, 0.1) is 13.8 Å². The molecular weight excluding hydrogens is 264 g/mol. The molecule has 0 saturated heterocycles. The van der Waals surface area contributed by atoms with Crippen LogP contribution < -0.4 is 10.6 Å². The summed E-state index contributed by atoms with van der Waals surface area (Å²) in [6.45, 7) is 5.21. The van der Waals surface area contributed by atoms with Crippen molar-refractivity contribution in [3.63, 3.8) is 0 Å². The van der Waals surface area contributed by atoms with Gasteiger partial charge >= 0.3 is 0 Å². The van der Waals surface area contributed by atoms with Gasteiger partial charge in [0.25, 0.3) is 0 Å². The summed E-state index contributed by atoms with van der Waals surface area (Å²) < 4.78 is 5.53. The Morgan fingerprint density at radius 3 is 2.57 bits per heavy atom. The summed E-state index contributed by atoms with van der Waals surface area (Å²) in [4.78, 5) is 8.52. The summed E-state index contributed by atoms with van der Waals surface area (Å²) >= 11 is 0. The highest BCUT2D eigenvalue weighted by atomic mass is 16.4. The van der Waals surface area contributed by atoms with Crippen molar-refractivity contribution in [3.05, 3.63) is 53.2 Å². The molecule has 5 nitrogen and oxygen atoms in total. The number of guanidine groups is 1. The van der Waals surface area contributed by atoms with Gasteiger partial charge in [-0.05, 0) is 25.8 Å². The van der Waals surface area contributed by atoms with Crippen LogP contribution in [-0.4, -0.2) is 24.5 Å². The second-order valence-corrected chi connectivity index (χ2v) is 4.84. The molecule has 0 atom stereocenters. The van der Waals surface area contributed by atoms with Crippen LogP contribution in [-0.2, 0) is 13.0 Å². The number of nitrogens with one attached hydrogen (secondary N) is 2. The fourth-order valence-electron chi connectivity index (χ4n) is 1.96. The summed E-state index contributed by atoms with van der Waals surface area (Å²) in [6.07, 6.45) is 0.957. The van der Waals surface area contributed by atoms with Crippen molar-refractivity contribution in [2.24, 2.45) is 4.99 Å². The molecule has 0 aliphatic rings. The molecule has 5 heteroatoms. The molecular formula is C16H22N4O. The summed E-state index contributed by atoms with van der Waals surface area (Å²) in [5.41, 5.74) is 2.23. The molecule has 1 aromatic heterocycles. The first-order valence-corrected chi connectivity index (χ1v) is 7.10. The fraction of sp³-hybridized carbons (Fsp3) is 0.375. The molecule has 0 fully saturated rings. The summed E-state index contributed by atoms with van der Waals surface area (Å²) in [7, 11) is 1.75. The maximum atomic E-state index is 5.53. The van der Waals surface area contributed by atoms with E-state index >= 15 is 0 Å². The van der Waals surface area contributed by atoms with E-state index in [1.165, 1.54) is 5.56 Å². The highest BCUT2D eigenvalue weighted by Gasteiger charge is 2.06. The van der Waals surface area contributed by atoms with Crippen LogP contribution in [0.3, 0.4) is 0 Å². The lowest BCUT2D eigenvalue weighted by Gasteiger charge is -2.10. The summed E-state index contributed by atoms with van der Waals surface area (Å²) in [5.74, 6) is 2.29. The fourth-order valence-corrected chi connectivity index (χ4v) is 1.96. The molecule has 0 amide bonds. The Balaban J connectivity index is 1.76. The van der Waals surface area contributed by atoms with Crippen molar-refractivity contribution in [1.82, 2.24) is 15.6 Å². The zero-order valence-corrected chi connectivity index (χ0v) is 12.8. The highest BCUT2D eigenvalue weighted by molar-refractivity contribution is 5.79. The summed E-state index contributed by atoms with van der Waals surface area (Å²) in [5, 5.41) is 6.47. The van der Waals surface area contributed by atoms with Gasteiger partial charge in [-0.3, -0.25) is 4.99 Å². The van der Waals surface area contributed by atoms with Gasteiger partial charge in [-0.25, -0.2) is 4.98 Å². The number of aliphatic imine (C=N–C) groups is 1. The van der Waals surface area contributed by atoms with Crippen molar-refractivity contribution >= 4 is 5.96 Å². The third-order valence-corrected chi connectivity index (χ3v) is 3.25. The first-order valence-electron chi connectivity index (χ1n) is 7.10. The van der Waals surface area contributed by atoms with Gasteiger partial charge in [0.15, 0.2) is 5.96 Å². The smallest absolute Gasteiger partial charge is 0.214 e. The first kappa shape index (κ1) is 15.1. The van der Waals surface area contributed by atoms with Gasteiger partial charge in [0.05, 0.1) is 12.2 Å². The number of nitrogens with zero attached hydrogens (tertiary/aromatic N) is 2. The molecule has 2 rings (SSSR count). The summed E-state index contributed by atoms with van der Waals surface area (Å²) in [6, 6.07) is 10.4. The van der Waals surface area contributed by atoms with Gasteiger partial charge in [-0.1, -0.05) is 30.3 Å². The van der Waals surface area contributed by atoms with Crippen molar-refractivity contribution in [2.75, 3.05) is 13.6 Å². The van der Waals surface area contributed by atoms with E-state index in [0.717, 1.165) is 30.4 Å². The molecule has 112 valence electrons. The molecule has 0 radical (unpaired) electrons. The van der Waals surface area contributed by atoms with E-state index in [9.17, 15) is 0 Å². The largest absolute Gasteiger partial charge is 0.444 e. The number of hydrogen-bond donors (Lipinski definition) is 2. The molecule has 0 spiro atoms. The predicted molar refractivity (Wildman–Crippen MR) is 84.3 cm³/mol. The lowest BCUT2D eigenvalue weighted by molar-refractivity contribution is 0.464. The predicted octanol–water partition coefficient (Wildman–Crippen LogP) is 2.20. The van der Waals surface area contributed by atoms with Gasteiger partial charge in [0.2, 0.25) is 5.89 Å². The Morgan fingerprint density at radius 2 is 1.95 bits per heavy atom. The minimum atomic E-state index is 0.527. The molecule has 21 heavy (non-hydrogen) atoms. The molecule has 2 aromatic rings. The lowest BCUT2D eigenvalue weighted by Crippen LogP contribution is -2.37. The number of aromatic nitrogens is 1. The van der Waals surface area contributed by atoms with E-state index in [2.05, 4.69) is 44.9 Å². The van der Waals surface area contributed by atoms with Gasteiger partial charge in [0, 0.05) is 13.6 Å². The van der Waals surface area contributed by atoms with E-state index < -0.39 is 0 Å². The van der Waals surface area contributed by atoms with E-state index in [1.807, 2.05) is 19.9 Å². The number of rotatable bonds is 5. The Bertz CT molecular complexity index is 570. The van der Waals surface area contributed by atoms with Crippen molar-refractivity contribution in [1.29, 1.82) is 0 Å². The first-order chi connectivity index (χ1) is 10.2. The SMILES string of the molecule is CN=C(NCCc1ccccc1)NCc1nc(C)c(C)o1. The third-order valence-electron chi connectivity index (χ3n) is 3.25. The Morgan fingerprint density at radius 1 is 1.19 bits per heavy atom. The second kappa shape index (κ2) is 7.47. The molecule has 0 bridgehead atoms. The lowest BCUT2D eigenvalue weighted by atomic mass is 10.1. The molecule has 2 N–H and O–H groups in total. The van der Waals surface area contributed by atoms with Crippen molar-refractivity contribution in [2.45, 2.75) is 26.8 Å². The standard InChI is InChI=1S/C16H22N4O/c1-12-13(2)21-15(20-12)11-19-16(17-3)18-10-9-14-7-5-4-6-8-14/h4-8H,9-11H2,1-3H3,(H2,17,18,19). The highest BCUT2D eigenvalue weighted by Crippen LogP contribution is 2.07. The molecule has 0 aliphatic heterocycles. The second-order valence-electron chi connectivity index (χ2n) is 4.84. The van der Waals surface area contributed by atoms with E-state index in [0.29, 0.717) is 12.4 Å². The van der Waals surface area contributed by atoms with Crippen molar-refractivity contribution < 1.29 is 4.42 Å². The Labute approximate surface area is 125 Å².